The highest BCUT2D eigenvalue weighted by Gasteiger charge is 2.19. The van der Waals surface area contributed by atoms with Crippen molar-refractivity contribution in [3.05, 3.63) is 15.9 Å². The van der Waals surface area contributed by atoms with E-state index in [-0.39, 0.29) is 35.1 Å². The number of carbonyl (C=O) groups excluding carboxylic acids is 1. The average molecular weight is 419 g/mol. The van der Waals surface area contributed by atoms with Gasteiger partial charge in [-0.1, -0.05) is 0 Å². The number of hydrogen-bond donors (Lipinski definition) is 3. The lowest BCUT2D eigenvalue weighted by Crippen LogP contribution is -2.48. The van der Waals surface area contributed by atoms with Crippen LogP contribution < -0.4 is 15.4 Å². The summed E-state index contributed by atoms with van der Waals surface area (Å²) in [6, 6.07) is 3.24. The van der Waals surface area contributed by atoms with Gasteiger partial charge in [0.25, 0.3) is 10.0 Å². The zero-order valence-corrected chi connectivity index (χ0v) is 15.1. The fourth-order valence-corrected chi connectivity index (χ4v) is 4.96. The molecular weight excluding hydrogens is 402 g/mol. The Morgan fingerprint density at radius 2 is 2.24 bits per heavy atom. The molecule has 1 aromatic rings. The molecule has 3 N–H and O–H groups in total. The van der Waals surface area contributed by atoms with Gasteiger partial charge in [-0.2, -0.15) is 0 Å². The quantitative estimate of drug-likeness (QED) is 0.668. The number of hydrogen-bond acceptors (Lipinski definition) is 5. The molecule has 0 aromatic carbocycles. The second kappa shape index (κ2) is 8.44. The summed E-state index contributed by atoms with van der Waals surface area (Å²) in [6.07, 6.45) is 1.93. The molecule has 1 aliphatic heterocycles. The molecule has 0 aliphatic carbocycles. The van der Waals surface area contributed by atoms with E-state index in [1.807, 2.05) is 0 Å². The molecule has 0 radical (unpaired) electrons. The molecule has 1 aromatic heterocycles. The van der Waals surface area contributed by atoms with Gasteiger partial charge in [0.05, 0.1) is 10.3 Å². The van der Waals surface area contributed by atoms with Crippen LogP contribution in [0.4, 0.5) is 0 Å². The summed E-state index contributed by atoms with van der Waals surface area (Å²) >= 11 is 4.32. The molecule has 120 valence electrons. The zero-order valence-electron chi connectivity index (χ0n) is 11.1. The van der Waals surface area contributed by atoms with Crippen LogP contribution in [-0.4, -0.2) is 40.0 Å². The standard InChI is InChI=1S/C11H16BrN3O3S2.ClH/c12-9-3-4-11(19-9)20(17,18)14-7-10(16)15-8-2-1-5-13-6-8;/h3-4,8,13-14H,1-2,5-7H2,(H,15,16);1H/t8-;/m0./s1. The van der Waals surface area contributed by atoms with E-state index in [2.05, 4.69) is 31.3 Å². The van der Waals surface area contributed by atoms with E-state index in [4.69, 9.17) is 0 Å². The molecule has 0 unspecified atom stereocenters. The minimum absolute atomic E-state index is 0. The first-order chi connectivity index (χ1) is 9.47. The van der Waals surface area contributed by atoms with Crippen molar-refractivity contribution in [2.24, 2.45) is 0 Å². The third-order valence-corrected chi connectivity index (χ3v) is 6.41. The summed E-state index contributed by atoms with van der Waals surface area (Å²) in [7, 11) is -3.61. The van der Waals surface area contributed by atoms with Crippen LogP contribution in [0, 0.1) is 0 Å². The van der Waals surface area contributed by atoms with Gasteiger partial charge < -0.3 is 10.6 Å². The van der Waals surface area contributed by atoms with Crippen molar-refractivity contribution in [3.63, 3.8) is 0 Å². The predicted molar refractivity (Wildman–Crippen MR) is 88.5 cm³/mol. The average Bonchev–Trinajstić information content (AvgIpc) is 2.85. The second-order valence-electron chi connectivity index (χ2n) is 4.49. The van der Waals surface area contributed by atoms with Crippen molar-refractivity contribution in [1.29, 1.82) is 0 Å². The molecule has 1 atom stereocenters. The van der Waals surface area contributed by atoms with Crippen LogP contribution in [0.25, 0.3) is 0 Å². The Kier molecular flexibility index (Phi) is 7.58. The van der Waals surface area contributed by atoms with Crippen LogP contribution >= 0.6 is 39.7 Å². The van der Waals surface area contributed by atoms with Gasteiger partial charge in [0.2, 0.25) is 5.91 Å². The van der Waals surface area contributed by atoms with Gasteiger partial charge in [-0.15, -0.1) is 23.7 Å². The maximum absolute atomic E-state index is 11.9. The molecule has 1 fully saturated rings. The Balaban J connectivity index is 0.00000220. The molecule has 2 heterocycles. The van der Waals surface area contributed by atoms with Crippen LogP contribution in [0.3, 0.4) is 0 Å². The lowest BCUT2D eigenvalue weighted by molar-refractivity contribution is -0.120. The smallest absolute Gasteiger partial charge is 0.250 e. The van der Waals surface area contributed by atoms with Gasteiger partial charge >= 0.3 is 0 Å². The number of sulfonamides is 1. The molecule has 6 nitrogen and oxygen atoms in total. The van der Waals surface area contributed by atoms with E-state index in [0.717, 1.165) is 41.1 Å². The SMILES string of the molecule is Cl.O=C(CNS(=O)(=O)c1ccc(Br)s1)N[C@H]1CCCNC1. The highest BCUT2D eigenvalue weighted by Crippen LogP contribution is 2.25. The Labute approximate surface area is 142 Å². The monoisotopic (exact) mass is 417 g/mol. The number of carbonyl (C=O) groups is 1. The fourth-order valence-electron chi connectivity index (χ4n) is 1.93. The van der Waals surface area contributed by atoms with Crippen molar-refractivity contribution in [3.8, 4) is 0 Å². The minimum Gasteiger partial charge on any atom is -0.351 e. The summed E-state index contributed by atoms with van der Waals surface area (Å²) < 4.78 is 27.1. The number of amides is 1. The van der Waals surface area contributed by atoms with Crippen molar-refractivity contribution in [2.75, 3.05) is 19.6 Å². The predicted octanol–water partition coefficient (Wildman–Crippen LogP) is 1.08. The van der Waals surface area contributed by atoms with E-state index in [9.17, 15) is 13.2 Å². The Morgan fingerprint density at radius 3 is 2.81 bits per heavy atom. The van der Waals surface area contributed by atoms with Crippen molar-refractivity contribution in [2.45, 2.75) is 23.1 Å². The molecule has 21 heavy (non-hydrogen) atoms. The fraction of sp³-hybridized carbons (Fsp3) is 0.545. The third-order valence-electron chi connectivity index (χ3n) is 2.90. The van der Waals surface area contributed by atoms with Crippen molar-refractivity contribution >= 4 is 55.6 Å². The summed E-state index contributed by atoms with van der Waals surface area (Å²) in [5.41, 5.74) is 0. The zero-order chi connectivity index (χ0) is 14.6. The molecule has 0 bridgehead atoms. The summed E-state index contributed by atoms with van der Waals surface area (Å²) in [5.74, 6) is -0.308. The topological polar surface area (TPSA) is 87.3 Å². The first kappa shape index (κ1) is 18.9. The first-order valence-electron chi connectivity index (χ1n) is 6.22. The third kappa shape index (κ3) is 5.84. The van der Waals surface area contributed by atoms with E-state index in [0.29, 0.717) is 0 Å². The van der Waals surface area contributed by atoms with E-state index in [1.165, 1.54) is 6.07 Å². The lowest BCUT2D eigenvalue weighted by Gasteiger charge is -2.23. The van der Waals surface area contributed by atoms with E-state index >= 15 is 0 Å². The number of thiophene rings is 1. The van der Waals surface area contributed by atoms with Gasteiger partial charge in [0.1, 0.15) is 4.21 Å². The van der Waals surface area contributed by atoms with Crippen LogP contribution in [-0.2, 0) is 14.8 Å². The van der Waals surface area contributed by atoms with Gasteiger partial charge in [-0.3, -0.25) is 4.79 Å². The lowest BCUT2D eigenvalue weighted by atomic mass is 10.1. The summed E-state index contributed by atoms with van der Waals surface area (Å²) in [6.45, 7) is 1.46. The second-order valence-corrected chi connectivity index (χ2v) is 8.95. The van der Waals surface area contributed by atoms with Crippen molar-refractivity contribution < 1.29 is 13.2 Å². The Morgan fingerprint density at radius 1 is 1.48 bits per heavy atom. The van der Waals surface area contributed by atoms with Crippen LogP contribution in [0.5, 0.6) is 0 Å². The molecule has 2 rings (SSSR count). The minimum atomic E-state index is -3.61. The summed E-state index contributed by atoms with van der Waals surface area (Å²) in [5, 5.41) is 6.00. The molecule has 1 saturated heterocycles. The van der Waals surface area contributed by atoms with Crippen LogP contribution in [0.2, 0.25) is 0 Å². The van der Waals surface area contributed by atoms with Gasteiger partial charge in [-0.05, 0) is 47.4 Å². The molecule has 0 saturated carbocycles. The Bertz CT molecular complexity index is 573. The van der Waals surface area contributed by atoms with E-state index < -0.39 is 10.0 Å². The molecule has 10 heteroatoms. The maximum Gasteiger partial charge on any atom is 0.250 e. The number of piperidine rings is 1. The largest absolute Gasteiger partial charge is 0.351 e. The number of rotatable bonds is 5. The normalized spacial score (nSPS) is 18.8. The van der Waals surface area contributed by atoms with Crippen LogP contribution in [0.1, 0.15) is 12.8 Å². The number of halogens is 2. The van der Waals surface area contributed by atoms with Gasteiger partial charge in [-0.25, -0.2) is 13.1 Å². The van der Waals surface area contributed by atoms with Gasteiger partial charge in [0, 0.05) is 12.6 Å². The Hall–Kier alpha value is -0.190. The highest BCUT2D eigenvalue weighted by atomic mass is 79.9. The molecular formula is C11H17BrClN3O3S2. The summed E-state index contributed by atoms with van der Waals surface area (Å²) in [4.78, 5) is 11.7. The first-order valence-corrected chi connectivity index (χ1v) is 9.32. The van der Waals surface area contributed by atoms with E-state index in [1.54, 1.807) is 6.07 Å². The highest BCUT2D eigenvalue weighted by molar-refractivity contribution is 9.11. The van der Waals surface area contributed by atoms with Gasteiger partial charge in [0.15, 0.2) is 0 Å². The molecule has 1 aliphatic rings. The molecule has 1 amide bonds. The number of nitrogens with one attached hydrogen (secondary N) is 3. The van der Waals surface area contributed by atoms with Crippen molar-refractivity contribution in [1.82, 2.24) is 15.4 Å². The molecule has 0 spiro atoms. The van der Waals surface area contributed by atoms with Crippen LogP contribution in [0.15, 0.2) is 20.1 Å². The maximum atomic E-state index is 11.9.